The van der Waals surface area contributed by atoms with Gasteiger partial charge in [-0.2, -0.15) is 0 Å². The van der Waals surface area contributed by atoms with Crippen LogP contribution in [0.5, 0.6) is 5.75 Å². The van der Waals surface area contributed by atoms with E-state index in [-0.39, 0.29) is 16.8 Å². The third-order valence-electron chi connectivity index (χ3n) is 5.04. The van der Waals surface area contributed by atoms with E-state index in [4.69, 9.17) is 16.3 Å². The van der Waals surface area contributed by atoms with Gasteiger partial charge < -0.3 is 9.84 Å². The average molecular weight is 453 g/mol. The summed E-state index contributed by atoms with van der Waals surface area (Å²) in [5.74, 6) is -2.41. The third kappa shape index (κ3) is 3.83. The van der Waals surface area contributed by atoms with Gasteiger partial charge in [-0.15, -0.1) is 0 Å². The predicted molar refractivity (Wildman–Crippen MR) is 118 cm³/mol. The Morgan fingerprint density at radius 1 is 1.19 bits per heavy atom. The quantitative estimate of drug-likeness (QED) is 0.338. The van der Waals surface area contributed by atoms with E-state index in [1.165, 1.54) is 42.6 Å². The largest absolute Gasteiger partial charge is 0.507 e. The van der Waals surface area contributed by atoms with E-state index in [0.717, 1.165) is 11.0 Å². The number of rotatable bonds is 5. The van der Waals surface area contributed by atoms with Gasteiger partial charge in [0.25, 0.3) is 11.7 Å². The number of carbonyl (C=O) groups is 2. The lowest BCUT2D eigenvalue weighted by molar-refractivity contribution is -0.132. The monoisotopic (exact) mass is 452 g/mol. The maximum absolute atomic E-state index is 13.9. The Morgan fingerprint density at radius 3 is 2.69 bits per heavy atom. The Kier molecular flexibility index (Phi) is 5.92. The number of halogens is 2. The van der Waals surface area contributed by atoms with Crippen LogP contribution in [0.1, 0.15) is 24.1 Å². The van der Waals surface area contributed by atoms with Crippen LogP contribution < -0.4 is 9.64 Å². The Labute approximate surface area is 188 Å². The van der Waals surface area contributed by atoms with Gasteiger partial charge in [0, 0.05) is 23.6 Å². The molecule has 1 N–H and O–H groups in total. The smallest absolute Gasteiger partial charge is 0.300 e. The molecule has 3 aromatic rings. The van der Waals surface area contributed by atoms with Crippen molar-refractivity contribution in [2.45, 2.75) is 13.0 Å². The Morgan fingerprint density at radius 2 is 2.00 bits per heavy atom. The SMILES string of the molecule is CCOc1cc(/C(O)=C2\C(=O)C(=O)N(c3cccc(F)c3)C2c2cccnc2)ccc1Cl. The van der Waals surface area contributed by atoms with E-state index in [1.807, 2.05) is 0 Å². The number of pyridine rings is 1. The second kappa shape index (κ2) is 8.80. The van der Waals surface area contributed by atoms with Gasteiger partial charge in [-0.05, 0) is 55.0 Å². The van der Waals surface area contributed by atoms with Gasteiger partial charge in [0.15, 0.2) is 0 Å². The first-order chi connectivity index (χ1) is 15.4. The van der Waals surface area contributed by atoms with Crippen LogP contribution in [0.25, 0.3) is 5.76 Å². The highest BCUT2D eigenvalue weighted by Gasteiger charge is 2.47. The summed E-state index contributed by atoms with van der Waals surface area (Å²) in [6, 6.07) is 12.2. The van der Waals surface area contributed by atoms with Gasteiger partial charge in [-0.25, -0.2) is 4.39 Å². The second-order valence-corrected chi connectivity index (χ2v) is 7.42. The first-order valence-corrected chi connectivity index (χ1v) is 10.2. The number of hydrogen-bond acceptors (Lipinski definition) is 5. The molecule has 1 aliphatic rings. The van der Waals surface area contributed by atoms with Crippen molar-refractivity contribution in [2.75, 3.05) is 11.5 Å². The van der Waals surface area contributed by atoms with Crippen molar-refractivity contribution in [1.82, 2.24) is 4.98 Å². The van der Waals surface area contributed by atoms with Crippen molar-refractivity contribution in [3.8, 4) is 5.75 Å². The molecule has 1 amide bonds. The molecule has 1 fully saturated rings. The number of amides is 1. The summed E-state index contributed by atoms with van der Waals surface area (Å²) in [5, 5.41) is 11.5. The van der Waals surface area contributed by atoms with Gasteiger partial charge in [0.1, 0.15) is 17.3 Å². The van der Waals surface area contributed by atoms with Crippen LogP contribution in [0, 0.1) is 5.82 Å². The fraction of sp³-hybridized carbons (Fsp3) is 0.125. The maximum Gasteiger partial charge on any atom is 0.300 e. The molecule has 6 nitrogen and oxygen atoms in total. The first kappa shape index (κ1) is 21.5. The number of carbonyl (C=O) groups excluding carboxylic acids is 2. The Hall–Kier alpha value is -3.71. The lowest BCUT2D eigenvalue weighted by Gasteiger charge is -2.25. The van der Waals surface area contributed by atoms with Crippen LogP contribution in [0.2, 0.25) is 5.02 Å². The van der Waals surface area contributed by atoms with E-state index in [1.54, 1.807) is 25.3 Å². The number of aliphatic hydroxyl groups is 1. The molecule has 2 aromatic carbocycles. The van der Waals surface area contributed by atoms with Gasteiger partial charge in [0.05, 0.1) is 23.2 Å². The van der Waals surface area contributed by atoms with Gasteiger partial charge in [0.2, 0.25) is 0 Å². The third-order valence-corrected chi connectivity index (χ3v) is 5.35. The minimum atomic E-state index is -1.00. The van der Waals surface area contributed by atoms with Crippen molar-refractivity contribution in [3.63, 3.8) is 0 Å². The first-order valence-electron chi connectivity index (χ1n) is 9.81. The van der Waals surface area contributed by atoms with Crippen molar-refractivity contribution in [2.24, 2.45) is 0 Å². The molecular weight excluding hydrogens is 435 g/mol. The molecule has 1 aromatic heterocycles. The van der Waals surface area contributed by atoms with E-state index >= 15 is 0 Å². The highest BCUT2D eigenvalue weighted by Crippen LogP contribution is 2.42. The molecule has 1 saturated heterocycles. The molecular formula is C24H18ClFN2O4. The fourth-order valence-corrected chi connectivity index (χ4v) is 3.82. The second-order valence-electron chi connectivity index (χ2n) is 7.01. The van der Waals surface area contributed by atoms with E-state index in [0.29, 0.717) is 22.9 Å². The van der Waals surface area contributed by atoms with Gasteiger partial charge in [-0.3, -0.25) is 19.5 Å². The zero-order valence-electron chi connectivity index (χ0n) is 17.0. The number of benzene rings is 2. The molecule has 0 spiro atoms. The molecule has 2 heterocycles. The summed E-state index contributed by atoms with van der Waals surface area (Å²) in [4.78, 5) is 31.3. The molecule has 0 bridgehead atoms. The Balaban J connectivity index is 1.93. The summed E-state index contributed by atoms with van der Waals surface area (Å²) >= 11 is 6.14. The minimum absolute atomic E-state index is 0.142. The lowest BCUT2D eigenvalue weighted by atomic mass is 9.96. The Bertz CT molecular complexity index is 1230. The van der Waals surface area contributed by atoms with E-state index < -0.39 is 29.3 Å². The average Bonchev–Trinajstić information content (AvgIpc) is 3.06. The van der Waals surface area contributed by atoms with Crippen LogP contribution >= 0.6 is 11.6 Å². The molecule has 1 aliphatic heterocycles. The summed E-state index contributed by atoms with van der Waals surface area (Å²) in [6.45, 7) is 2.14. The van der Waals surface area contributed by atoms with Crippen LogP contribution in [-0.2, 0) is 9.59 Å². The summed E-state index contributed by atoms with van der Waals surface area (Å²) in [5.41, 5.74) is 0.781. The highest BCUT2D eigenvalue weighted by molar-refractivity contribution is 6.51. The number of nitrogens with zero attached hydrogens (tertiary/aromatic N) is 2. The highest BCUT2D eigenvalue weighted by atomic mass is 35.5. The lowest BCUT2D eigenvalue weighted by Crippen LogP contribution is -2.29. The molecule has 32 heavy (non-hydrogen) atoms. The molecule has 8 heteroatoms. The zero-order chi connectivity index (χ0) is 22.8. The minimum Gasteiger partial charge on any atom is -0.507 e. The van der Waals surface area contributed by atoms with Crippen LogP contribution in [0.4, 0.5) is 10.1 Å². The number of ether oxygens (including phenoxy) is 1. The molecule has 0 aliphatic carbocycles. The van der Waals surface area contributed by atoms with Crippen LogP contribution in [-0.4, -0.2) is 28.4 Å². The zero-order valence-corrected chi connectivity index (χ0v) is 17.7. The van der Waals surface area contributed by atoms with Gasteiger partial charge in [-0.1, -0.05) is 23.7 Å². The van der Waals surface area contributed by atoms with Crippen molar-refractivity contribution in [1.29, 1.82) is 0 Å². The number of aliphatic hydroxyl groups excluding tert-OH is 1. The maximum atomic E-state index is 13.9. The van der Waals surface area contributed by atoms with Crippen molar-refractivity contribution < 1.29 is 23.8 Å². The summed E-state index contributed by atoms with van der Waals surface area (Å²) in [6.07, 6.45) is 3.04. The number of ketones is 1. The number of aromatic nitrogens is 1. The topological polar surface area (TPSA) is 79.7 Å². The fourth-order valence-electron chi connectivity index (χ4n) is 3.65. The van der Waals surface area contributed by atoms with Crippen LogP contribution in [0.3, 0.4) is 0 Å². The number of hydrogen-bond donors (Lipinski definition) is 1. The van der Waals surface area contributed by atoms with Gasteiger partial charge >= 0.3 is 0 Å². The summed E-state index contributed by atoms with van der Waals surface area (Å²) < 4.78 is 19.4. The molecule has 0 saturated carbocycles. The molecule has 1 atom stereocenters. The molecule has 0 radical (unpaired) electrons. The number of anilines is 1. The standard InChI is InChI=1S/C24H18ClFN2O4/c1-2-32-19-11-14(8-9-18(19)25)22(29)20-21(15-5-4-10-27-13-15)28(24(31)23(20)30)17-7-3-6-16(26)12-17/h3-13,21,29H,2H2,1H3/b22-20+. The summed E-state index contributed by atoms with van der Waals surface area (Å²) in [7, 11) is 0. The predicted octanol–water partition coefficient (Wildman–Crippen LogP) is 4.90. The van der Waals surface area contributed by atoms with E-state index in [9.17, 15) is 19.1 Å². The molecule has 1 unspecified atom stereocenters. The normalized spacial score (nSPS) is 17.6. The van der Waals surface area contributed by atoms with Crippen molar-refractivity contribution >= 4 is 34.7 Å². The number of Topliss-reactive ketones (excluding diaryl/α,β-unsaturated/α-hetero) is 1. The van der Waals surface area contributed by atoms with Crippen LogP contribution in [0.15, 0.2) is 72.6 Å². The molecule has 4 rings (SSSR count). The van der Waals surface area contributed by atoms with Crippen molar-refractivity contribution in [3.05, 3.63) is 94.5 Å². The molecule has 162 valence electrons. The van der Waals surface area contributed by atoms with E-state index in [2.05, 4.69) is 4.98 Å².